The van der Waals surface area contributed by atoms with Gasteiger partial charge in [-0.15, -0.1) is 0 Å². The van der Waals surface area contributed by atoms with E-state index in [1.165, 1.54) is 0 Å². The van der Waals surface area contributed by atoms with Crippen LogP contribution in [0.25, 0.3) is 0 Å². The molecule has 25 heavy (non-hydrogen) atoms. The summed E-state index contributed by atoms with van der Waals surface area (Å²) in [5.74, 6) is -0.158. The number of rotatable bonds is 6. The van der Waals surface area contributed by atoms with Gasteiger partial charge in [0.25, 0.3) is 0 Å². The third-order valence-electron chi connectivity index (χ3n) is 3.68. The Hall–Kier alpha value is -1.99. The Morgan fingerprint density at radius 3 is 2.32 bits per heavy atom. The summed E-state index contributed by atoms with van der Waals surface area (Å²) in [5.41, 5.74) is -0.594. The Bertz CT molecular complexity index is 454. The smallest absolute Gasteiger partial charge is 0.408 e. The number of nitrogens with one attached hydrogen (secondary N) is 2. The summed E-state index contributed by atoms with van der Waals surface area (Å²) in [7, 11) is 0. The van der Waals surface area contributed by atoms with E-state index in [9.17, 15) is 14.4 Å². The summed E-state index contributed by atoms with van der Waals surface area (Å²) >= 11 is 0. The molecule has 0 radical (unpaired) electrons. The first-order valence-electron chi connectivity index (χ1n) is 8.89. The Balaban J connectivity index is 2.23. The van der Waals surface area contributed by atoms with E-state index in [1.54, 1.807) is 25.7 Å². The zero-order chi connectivity index (χ0) is 18.9. The molecule has 2 N–H and O–H groups in total. The Labute approximate surface area is 149 Å². The summed E-state index contributed by atoms with van der Waals surface area (Å²) in [4.78, 5) is 37.0. The van der Waals surface area contributed by atoms with Gasteiger partial charge in [-0.1, -0.05) is 13.3 Å². The lowest BCUT2D eigenvalue weighted by molar-refractivity contribution is -0.131. The summed E-state index contributed by atoms with van der Waals surface area (Å²) in [5, 5.41) is 5.29. The van der Waals surface area contributed by atoms with E-state index in [4.69, 9.17) is 9.47 Å². The number of unbranched alkanes of at least 4 members (excludes halogenated alkanes) is 1. The van der Waals surface area contributed by atoms with Crippen molar-refractivity contribution >= 4 is 18.1 Å². The Morgan fingerprint density at radius 1 is 1.12 bits per heavy atom. The first kappa shape index (κ1) is 21.1. The van der Waals surface area contributed by atoms with E-state index in [-0.39, 0.29) is 18.5 Å². The zero-order valence-corrected chi connectivity index (χ0v) is 15.7. The van der Waals surface area contributed by atoms with Crippen molar-refractivity contribution in [2.24, 2.45) is 0 Å². The quantitative estimate of drug-likeness (QED) is 0.709. The van der Waals surface area contributed by atoms with Crippen molar-refractivity contribution in [1.82, 2.24) is 15.5 Å². The summed E-state index contributed by atoms with van der Waals surface area (Å²) in [6, 6.07) is 0.0111. The van der Waals surface area contributed by atoms with Gasteiger partial charge in [0.2, 0.25) is 5.91 Å². The summed E-state index contributed by atoms with van der Waals surface area (Å²) in [6.07, 6.45) is 2.16. The molecular weight excluding hydrogens is 326 g/mol. The average molecular weight is 357 g/mol. The average Bonchev–Trinajstić information content (AvgIpc) is 2.52. The number of piperidine rings is 1. The number of amides is 3. The van der Waals surface area contributed by atoms with Crippen molar-refractivity contribution in [3.8, 4) is 0 Å². The number of alkyl carbamates (subject to hydrolysis) is 2. The fourth-order valence-electron chi connectivity index (χ4n) is 2.36. The minimum Gasteiger partial charge on any atom is -0.450 e. The molecule has 144 valence electrons. The van der Waals surface area contributed by atoms with Crippen LogP contribution in [0.2, 0.25) is 0 Å². The zero-order valence-electron chi connectivity index (χ0n) is 15.7. The van der Waals surface area contributed by atoms with Crippen LogP contribution >= 0.6 is 0 Å². The van der Waals surface area contributed by atoms with Gasteiger partial charge in [0.1, 0.15) is 12.1 Å². The van der Waals surface area contributed by atoms with Crippen LogP contribution in [0.4, 0.5) is 9.59 Å². The molecule has 0 bridgehead atoms. The van der Waals surface area contributed by atoms with Crippen molar-refractivity contribution in [2.45, 2.75) is 65.0 Å². The van der Waals surface area contributed by atoms with E-state index in [0.717, 1.165) is 12.8 Å². The van der Waals surface area contributed by atoms with Gasteiger partial charge in [0.05, 0.1) is 6.61 Å². The first-order chi connectivity index (χ1) is 11.7. The number of carbonyl (C=O) groups excluding carboxylic acids is 3. The van der Waals surface area contributed by atoms with Crippen LogP contribution in [0.1, 0.15) is 53.4 Å². The van der Waals surface area contributed by atoms with Gasteiger partial charge in [0.15, 0.2) is 0 Å². The second-order valence-electron chi connectivity index (χ2n) is 7.14. The van der Waals surface area contributed by atoms with Crippen LogP contribution < -0.4 is 10.6 Å². The monoisotopic (exact) mass is 357 g/mol. The first-order valence-corrected chi connectivity index (χ1v) is 8.89. The summed E-state index contributed by atoms with van der Waals surface area (Å²) < 4.78 is 10.2. The molecule has 1 saturated heterocycles. The molecule has 1 rings (SSSR count). The lowest BCUT2D eigenvalue weighted by Gasteiger charge is -2.32. The SMILES string of the molecule is CCCCOC(=O)NC1CCN(C(=O)CNC(=O)OC(C)(C)C)CC1. The van der Waals surface area contributed by atoms with Crippen molar-refractivity contribution in [3.63, 3.8) is 0 Å². The van der Waals surface area contributed by atoms with E-state index in [0.29, 0.717) is 32.5 Å². The van der Waals surface area contributed by atoms with Gasteiger partial charge in [-0.2, -0.15) is 0 Å². The maximum atomic E-state index is 12.1. The van der Waals surface area contributed by atoms with Gasteiger partial charge in [-0.25, -0.2) is 9.59 Å². The highest BCUT2D eigenvalue weighted by atomic mass is 16.6. The van der Waals surface area contributed by atoms with E-state index in [2.05, 4.69) is 10.6 Å². The topological polar surface area (TPSA) is 97.0 Å². The van der Waals surface area contributed by atoms with Gasteiger partial charge in [0, 0.05) is 19.1 Å². The molecule has 1 fully saturated rings. The molecule has 1 aliphatic rings. The maximum absolute atomic E-state index is 12.1. The molecule has 1 aliphatic heterocycles. The van der Waals surface area contributed by atoms with Crippen molar-refractivity contribution < 1.29 is 23.9 Å². The van der Waals surface area contributed by atoms with E-state index < -0.39 is 17.8 Å². The molecule has 1 heterocycles. The van der Waals surface area contributed by atoms with Gasteiger partial charge in [-0.3, -0.25) is 4.79 Å². The Kier molecular flexibility index (Phi) is 8.51. The van der Waals surface area contributed by atoms with Gasteiger partial charge < -0.3 is 25.0 Å². The number of nitrogens with zero attached hydrogens (tertiary/aromatic N) is 1. The predicted octanol–water partition coefficient (Wildman–Crippen LogP) is 2.03. The molecule has 0 unspecified atom stereocenters. The molecule has 0 aromatic rings. The fraction of sp³-hybridized carbons (Fsp3) is 0.824. The number of hydrogen-bond acceptors (Lipinski definition) is 5. The number of ether oxygens (including phenoxy) is 2. The largest absolute Gasteiger partial charge is 0.450 e. The minimum absolute atomic E-state index is 0.0111. The molecule has 0 aromatic carbocycles. The molecule has 0 spiro atoms. The van der Waals surface area contributed by atoms with Gasteiger partial charge >= 0.3 is 12.2 Å². The normalized spacial score (nSPS) is 15.4. The molecule has 0 atom stereocenters. The molecule has 0 aliphatic carbocycles. The minimum atomic E-state index is -0.604. The highest BCUT2D eigenvalue weighted by Crippen LogP contribution is 2.11. The van der Waals surface area contributed by atoms with Crippen LogP contribution in [-0.4, -0.2) is 60.9 Å². The van der Waals surface area contributed by atoms with E-state index in [1.807, 2.05) is 6.92 Å². The third kappa shape index (κ3) is 9.16. The van der Waals surface area contributed by atoms with Crippen molar-refractivity contribution in [1.29, 1.82) is 0 Å². The third-order valence-corrected chi connectivity index (χ3v) is 3.68. The van der Waals surface area contributed by atoms with Crippen LogP contribution in [-0.2, 0) is 14.3 Å². The standard InChI is InChI=1S/C17H31N3O5/c1-5-6-11-24-16(23)19-13-7-9-20(10-8-13)14(21)12-18-15(22)25-17(2,3)4/h13H,5-12H2,1-4H3,(H,18,22)(H,19,23). The maximum Gasteiger partial charge on any atom is 0.408 e. The lowest BCUT2D eigenvalue weighted by Crippen LogP contribution is -2.49. The molecule has 0 saturated carbocycles. The number of hydrogen-bond donors (Lipinski definition) is 2. The Morgan fingerprint density at radius 2 is 1.76 bits per heavy atom. The molecule has 3 amide bonds. The van der Waals surface area contributed by atoms with Crippen LogP contribution in [0.3, 0.4) is 0 Å². The second-order valence-corrected chi connectivity index (χ2v) is 7.14. The second kappa shape index (κ2) is 10.1. The van der Waals surface area contributed by atoms with Crippen LogP contribution in [0.5, 0.6) is 0 Å². The highest BCUT2D eigenvalue weighted by molar-refractivity contribution is 5.82. The van der Waals surface area contributed by atoms with Crippen molar-refractivity contribution in [3.05, 3.63) is 0 Å². The molecule has 8 heteroatoms. The summed E-state index contributed by atoms with van der Waals surface area (Å²) in [6.45, 7) is 8.73. The predicted molar refractivity (Wildman–Crippen MR) is 93.2 cm³/mol. The molecule has 8 nitrogen and oxygen atoms in total. The molecule has 0 aromatic heterocycles. The number of carbonyl (C=O) groups is 3. The molecular formula is C17H31N3O5. The van der Waals surface area contributed by atoms with Crippen molar-refractivity contribution in [2.75, 3.05) is 26.2 Å². The van der Waals surface area contributed by atoms with Crippen LogP contribution in [0, 0.1) is 0 Å². The fourth-order valence-corrected chi connectivity index (χ4v) is 2.36. The van der Waals surface area contributed by atoms with Crippen LogP contribution in [0.15, 0.2) is 0 Å². The lowest BCUT2D eigenvalue weighted by atomic mass is 10.1. The van der Waals surface area contributed by atoms with Gasteiger partial charge in [-0.05, 0) is 40.0 Å². The van der Waals surface area contributed by atoms with E-state index >= 15 is 0 Å². The number of likely N-dealkylation sites (tertiary alicyclic amines) is 1. The highest BCUT2D eigenvalue weighted by Gasteiger charge is 2.25.